The molecule has 2 rings (SSSR count). The van der Waals surface area contributed by atoms with Gasteiger partial charge in [0, 0.05) is 37.8 Å². The summed E-state index contributed by atoms with van der Waals surface area (Å²) in [6.07, 6.45) is 5.31. The molecule has 1 saturated carbocycles. The molecule has 0 aromatic carbocycles. The summed E-state index contributed by atoms with van der Waals surface area (Å²) >= 11 is 5.54. The summed E-state index contributed by atoms with van der Waals surface area (Å²) in [6.45, 7) is 11.2. The second-order valence-electron chi connectivity index (χ2n) is 6.58. The van der Waals surface area contributed by atoms with Crippen LogP contribution in [0.1, 0.15) is 46.5 Å². The summed E-state index contributed by atoms with van der Waals surface area (Å²) in [5.74, 6) is 0. The summed E-state index contributed by atoms with van der Waals surface area (Å²) in [5.41, 5.74) is 0.284. The summed E-state index contributed by atoms with van der Waals surface area (Å²) in [5, 5.41) is 4.52. The van der Waals surface area contributed by atoms with Gasteiger partial charge in [0.2, 0.25) is 0 Å². The van der Waals surface area contributed by atoms with Gasteiger partial charge in [-0.05, 0) is 45.8 Å². The number of piperazine rings is 1. The van der Waals surface area contributed by atoms with Crippen LogP contribution < -0.4 is 5.32 Å². The van der Waals surface area contributed by atoms with Crippen LogP contribution in [0, 0.1) is 0 Å². The lowest BCUT2D eigenvalue weighted by Gasteiger charge is -2.43. The van der Waals surface area contributed by atoms with Crippen molar-refractivity contribution in [3.05, 3.63) is 0 Å². The van der Waals surface area contributed by atoms with Gasteiger partial charge >= 0.3 is 0 Å². The summed E-state index contributed by atoms with van der Waals surface area (Å²) in [4.78, 5) is 4.89. The number of rotatable bonds is 1. The van der Waals surface area contributed by atoms with Crippen LogP contribution in [0.15, 0.2) is 0 Å². The number of hydrogen-bond donors (Lipinski definition) is 1. The monoisotopic (exact) mass is 269 g/mol. The summed E-state index contributed by atoms with van der Waals surface area (Å²) in [7, 11) is 0. The molecule has 1 saturated heterocycles. The third kappa shape index (κ3) is 3.58. The quantitative estimate of drug-likeness (QED) is 0.736. The molecule has 0 aromatic heterocycles. The number of nitrogens with one attached hydrogen (secondary N) is 1. The number of nitrogens with zero attached hydrogens (tertiary/aromatic N) is 2. The van der Waals surface area contributed by atoms with Crippen LogP contribution >= 0.6 is 12.2 Å². The molecule has 1 N–H and O–H groups in total. The molecular formula is C14H27N3S. The largest absolute Gasteiger partial charge is 0.360 e. The average Bonchev–Trinajstić information content (AvgIpc) is 2.81. The Morgan fingerprint density at radius 3 is 2.11 bits per heavy atom. The first-order valence-corrected chi connectivity index (χ1v) is 7.68. The third-order valence-electron chi connectivity index (χ3n) is 4.20. The van der Waals surface area contributed by atoms with Gasteiger partial charge in [0.25, 0.3) is 0 Å². The minimum Gasteiger partial charge on any atom is -0.360 e. The minimum absolute atomic E-state index is 0.284. The Morgan fingerprint density at radius 1 is 1.06 bits per heavy atom. The van der Waals surface area contributed by atoms with E-state index in [2.05, 4.69) is 35.9 Å². The van der Waals surface area contributed by atoms with Gasteiger partial charge in [0.1, 0.15) is 0 Å². The molecule has 0 unspecified atom stereocenters. The molecule has 0 bridgehead atoms. The van der Waals surface area contributed by atoms with Gasteiger partial charge in [0.15, 0.2) is 5.11 Å². The van der Waals surface area contributed by atoms with Gasteiger partial charge < -0.3 is 10.2 Å². The van der Waals surface area contributed by atoms with Gasteiger partial charge in [-0.15, -0.1) is 0 Å². The van der Waals surface area contributed by atoms with Gasteiger partial charge in [0.05, 0.1) is 0 Å². The Hall–Kier alpha value is -0.350. The zero-order valence-corrected chi connectivity index (χ0v) is 12.9. The second-order valence-corrected chi connectivity index (χ2v) is 6.96. The predicted molar refractivity (Wildman–Crippen MR) is 80.9 cm³/mol. The van der Waals surface area contributed by atoms with Crippen molar-refractivity contribution in [3.63, 3.8) is 0 Å². The van der Waals surface area contributed by atoms with E-state index in [-0.39, 0.29) is 5.54 Å². The van der Waals surface area contributed by atoms with Crippen molar-refractivity contribution < 1.29 is 0 Å². The van der Waals surface area contributed by atoms with E-state index < -0.39 is 0 Å². The van der Waals surface area contributed by atoms with Crippen LogP contribution in [0.5, 0.6) is 0 Å². The van der Waals surface area contributed by atoms with Crippen molar-refractivity contribution in [1.82, 2.24) is 15.1 Å². The molecule has 4 heteroatoms. The van der Waals surface area contributed by atoms with Crippen LogP contribution in [0.25, 0.3) is 0 Å². The van der Waals surface area contributed by atoms with Crippen LogP contribution in [0.3, 0.4) is 0 Å². The van der Waals surface area contributed by atoms with Crippen molar-refractivity contribution in [3.8, 4) is 0 Å². The molecule has 104 valence electrons. The zero-order chi connectivity index (χ0) is 13.2. The van der Waals surface area contributed by atoms with E-state index in [1.807, 2.05) is 0 Å². The molecular weight excluding hydrogens is 242 g/mol. The molecule has 1 heterocycles. The van der Waals surface area contributed by atoms with Crippen molar-refractivity contribution in [1.29, 1.82) is 0 Å². The lowest BCUT2D eigenvalue weighted by atomic mass is 10.1. The Morgan fingerprint density at radius 2 is 1.61 bits per heavy atom. The van der Waals surface area contributed by atoms with E-state index in [1.165, 1.54) is 25.7 Å². The van der Waals surface area contributed by atoms with E-state index in [4.69, 9.17) is 12.2 Å². The number of thiocarbonyl (C=S) groups is 1. The first-order chi connectivity index (χ1) is 8.47. The van der Waals surface area contributed by atoms with Gasteiger partial charge in [-0.1, -0.05) is 12.8 Å². The van der Waals surface area contributed by atoms with Crippen LogP contribution in [0.4, 0.5) is 0 Å². The summed E-state index contributed by atoms with van der Waals surface area (Å²) in [6, 6.07) is 0.637. The maximum absolute atomic E-state index is 5.54. The molecule has 18 heavy (non-hydrogen) atoms. The highest BCUT2D eigenvalue weighted by Gasteiger charge is 2.27. The van der Waals surface area contributed by atoms with Crippen molar-refractivity contribution in [2.75, 3.05) is 26.2 Å². The lowest BCUT2D eigenvalue weighted by Crippen LogP contribution is -2.57. The topological polar surface area (TPSA) is 18.5 Å². The van der Waals surface area contributed by atoms with Crippen LogP contribution in [-0.2, 0) is 0 Å². The smallest absolute Gasteiger partial charge is 0.169 e. The molecule has 1 aliphatic heterocycles. The highest BCUT2D eigenvalue weighted by atomic mass is 32.1. The van der Waals surface area contributed by atoms with Crippen LogP contribution in [0.2, 0.25) is 0 Å². The number of hydrogen-bond acceptors (Lipinski definition) is 2. The maximum atomic E-state index is 5.54. The molecule has 0 radical (unpaired) electrons. The summed E-state index contributed by atoms with van der Waals surface area (Å²) < 4.78 is 0. The normalized spacial score (nSPS) is 23.4. The van der Waals surface area contributed by atoms with E-state index in [0.29, 0.717) is 6.04 Å². The van der Waals surface area contributed by atoms with E-state index in [0.717, 1.165) is 31.3 Å². The SMILES string of the molecule is CC(C)(C)N1CCN(C(=S)NC2CCCC2)CC1. The molecule has 0 spiro atoms. The standard InChI is InChI=1S/C14H27N3S/c1-14(2,3)17-10-8-16(9-11-17)13(18)15-12-6-4-5-7-12/h12H,4-11H2,1-3H3,(H,15,18). The van der Waals surface area contributed by atoms with Crippen molar-refractivity contribution >= 4 is 17.3 Å². The predicted octanol–water partition coefficient (Wildman–Crippen LogP) is 2.22. The van der Waals surface area contributed by atoms with E-state index in [9.17, 15) is 0 Å². The zero-order valence-electron chi connectivity index (χ0n) is 12.0. The van der Waals surface area contributed by atoms with Crippen molar-refractivity contribution in [2.24, 2.45) is 0 Å². The first-order valence-electron chi connectivity index (χ1n) is 7.27. The Labute approximate surface area is 117 Å². The molecule has 0 aromatic rings. The minimum atomic E-state index is 0.284. The molecule has 3 nitrogen and oxygen atoms in total. The Bertz CT molecular complexity index is 284. The molecule has 0 atom stereocenters. The molecule has 2 fully saturated rings. The fourth-order valence-corrected chi connectivity index (χ4v) is 3.27. The molecule has 1 aliphatic carbocycles. The van der Waals surface area contributed by atoms with Gasteiger partial charge in [-0.25, -0.2) is 0 Å². The first kappa shape index (κ1) is 14.1. The maximum Gasteiger partial charge on any atom is 0.169 e. The van der Waals surface area contributed by atoms with E-state index >= 15 is 0 Å². The second kappa shape index (κ2) is 5.74. The molecule has 0 amide bonds. The Balaban J connectivity index is 1.76. The van der Waals surface area contributed by atoms with E-state index in [1.54, 1.807) is 0 Å². The highest BCUT2D eigenvalue weighted by molar-refractivity contribution is 7.80. The van der Waals surface area contributed by atoms with Gasteiger partial charge in [-0.3, -0.25) is 4.90 Å². The average molecular weight is 269 g/mol. The van der Waals surface area contributed by atoms with Crippen molar-refractivity contribution in [2.45, 2.75) is 58.0 Å². The lowest BCUT2D eigenvalue weighted by molar-refractivity contribution is 0.0877. The third-order valence-corrected chi connectivity index (χ3v) is 4.57. The van der Waals surface area contributed by atoms with Gasteiger partial charge in [-0.2, -0.15) is 0 Å². The fourth-order valence-electron chi connectivity index (χ4n) is 2.92. The highest BCUT2D eigenvalue weighted by Crippen LogP contribution is 2.19. The van der Waals surface area contributed by atoms with Crippen LogP contribution in [-0.4, -0.2) is 52.7 Å². The molecule has 2 aliphatic rings. The Kier molecular flexibility index (Phi) is 4.49. The fraction of sp³-hybridized carbons (Fsp3) is 0.929.